The zero-order chi connectivity index (χ0) is 13.6. The molecule has 0 atom stereocenters. The minimum Gasteiger partial charge on any atom is -0.466 e. The van der Waals surface area contributed by atoms with Crippen molar-refractivity contribution in [1.29, 1.82) is 0 Å². The van der Waals surface area contributed by atoms with Crippen molar-refractivity contribution in [1.82, 2.24) is 0 Å². The van der Waals surface area contributed by atoms with Crippen LogP contribution in [0.15, 0.2) is 22.7 Å². The molecular weight excluding hydrogens is 312 g/mol. The van der Waals surface area contributed by atoms with Gasteiger partial charge in [-0.2, -0.15) is 0 Å². The third-order valence-electron chi connectivity index (χ3n) is 2.39. The predicted molar refractivity (Wildman–Crippen MR) is 79.1 cm³/mol. The highest BCUT2D eigenvalue weighted by Gasteiger charge is 2.12. The van der Waals surface area contributed by atoms with Crippen molar-refractivity contribution in [3.8, 4) is 5.75 Å². The Hall–Kier alpha value is -0.653. The van der Waals surface area contributed by atoms with E-state index in [-0.39, 0.29) is 6.79 Å². The Balaban J connectivity index is 2.33. The van der Waals surface area contributed by atoms with E-state index in [1.807, 2.05) is 0 Å². The molecule has 0 aliphatic carbocycles. The molecular formula is C13H19BrO3Si. The van der Waals surface area contributed by atoms with Gasteiger partial charge in [0.05, 0.1) is 4.47 Å². The molecule has 5 heteroatoms. The molecule has 18 heavy (non-hydrogen) atoms. The summed E-state index contributed by atoms with van der Waals surface area (Å²) in [5, 5.41) is 0. The van der Waals surface area contributed by atoms with Crippen LogP contribution in [0.25, 0.3) is 0 Å². The summed E-state index contributed by atoms with van der Waals surface area (Å²) in [6.45, 7) is 7.91. The first-order valence-corrected chi connectivity index (χ1v) is 10.4. The first kappa shape index (κ1) is 15.4. The van der Waals surface area contributed by atoms with Gasteiger partial charge in [-0.05, 0) is 40.2 Å². The van der Waals surface area contributed by atoms with Gasteiger partial charge in [0.25, 0.3) is 0 Å². The van der Waals surface area contributed by atoms with E-state index in [1.54, 1.807) is 18.2 Å². The Kier molecular flexibility index (Phi) is 6.04. The second-order valence-electron chi connectivity index (χ2n) is 5.29. The van der Waals surface area contributed by atoms with Crippen LogP contribution in [0.1, 0.15) is 10.4 Å². The summed E-state index contributed by atoms with van der Waals surface area (Å²) in [7, 11) is -1.04. The van der Waals surface area contributed by atoms with Gasteiger partial charge in [-0.15, -0.1) is 0 Å². The molecule has 0 saturated carbocycles. The van der Waals surface area contributed by atoms with Crippen LogP contribution in [0.3, 0.4) is 0 Å². The first-order valence-electron chi connectivity index (χ1n) is 5.88. The summed E-state index contributed by atoms with van der Waals surface area (Å²) in [5.74, 6) is 0.689. The Bertz CT molecular complexity index is 402. The Morgan fingerprint density at radius 1 is 1.33 bits per heavy atom. The second kappa shape index (κ2) is 7.06. The van der Waals surface area contributed by atoms with E-state index in [0.29, 0.717) is 11.3 Å². The van der Waals surface area contributed by atoms with E-state index >= 15 is 0 Å². The number of benzene rings is 1. The Morgan fingerprint density at radius 3 is 2.61 bits per heavy atom. The fourth-order valence-corrected chi connectivity index (χ4v) is 2.52. The molecule has 0 aromatic heterocycles. The maximum atomic E-state index is 10.6. The Morgan fingerprint density at radius 2 is 2.06 bits per heavy atom. The molecule has 0 heterocycles. The van der Waals surface area contributed by atoms with Crippen LogP contribution in [0.5, 0.6) is 5.75 Å². The number of hydrogen-bond acceptors (Lipinski definition) is 3. The highest BCUT2D eigenvalue weighted by molar-refractivity contribution is 9.10. The van der Waals surface area contributed by atoms with Crippen molar-refractivity contribution >= 4 is 30.3 Å². The largest absolute Gasteiger partial charge is 0.466 e. The van der Waals surface area contributed by atoms with E-state index in [1.165, 1.54) is 0 Å². The summed E-state index contributed by atoms with van der Waals surface area (Å²) in [6.07, 6.45) is 0.805. The normalized spacial score (nSPS) is 11.3. The van der Waals surface area contributed by atoms with E-state index in [2.05, 4.69) is 35.6 Å². The molecule has 0 saturated heterocycles. The highest BCUT2D eigenvalue weighted by atomic mass is 79.9. The second-order valence-corrected chi connectivity index (χ2v) is 11.8. The van der Waals surface area contributed by atoms with Gasteiger partial charge in [-0.3, -0.25) is 4.79 Å². The lowest BCUT2D eigenvalue weighted by molar-refractivity contribution is 0.0216. The molecule has 0 bridgehead atoms. The van der Waals surface area contributed by atoms with Gasteiger partial charge in [0.2, 0.25) is 0 Å². The van der Waals surface area contributed by atoms with Crippen LogP contribution in [-0.2, 0) is 4.74 Å². The lowest BCUT2D eigenvalue weighted by Crippen LogP contribution is -2.22. The van der Waals surface area contributed by atoms with E-state index in [4.69, 9.17) is 9.47 Å². The number of carbonyl (C=O) groups is 1. The van der Waals surface area contributed by atoms with Gasteiger partial charge in [0, 0.05) is 20.2 Å². The van der Waals surface area contributed by atoms with Crippen LogP contribution in [0.2, 0.25) is 25.7 Å². The maximum Gasteiger partial charge on any atom is 0.189 e. The standard InChI is InChI=1S/C13H19BrO3Si/c1-18(2,3)7-6-16-10-17-13-5-4-11(9-15)8-12(13)14/h4-5,8-9H,6-7,10H2,1-3H3. The summed E-state index contributed by atoms with van der Waals surface area (Å²) in [5.41, 5.74) is 0.619. The van der Waals surface area contributed by atoms with E-state index < -0.39 is 8.07 Å². The monoisotopic (exact) mass is 330 g/mol. The minimum atomic E-state index is -1.04. The molecule has 0 amide bonds. The number of hydrogen-bond donors (Lipinski definition) is 0. The predicted octanol–water partition coefficient (Wildman–Crippen LogP) is 3.95. The van der Waals surface area contributed by atoms with Gasteiger partial charge < -0.3 is 9.47 Å². The summed E-state index contributed by atoms with van der Waals surface area (Å²) >= 11 is 3.36. The molecule has 0 unspecified atom stereocenters. The number of rotatable bonds is 7. The molecule has 100 valence electrons. The van der Waals surface area contributed by atoms with Crippen molar-refractivity contribution in [3.63, 3.8) is 0 Å². The lowest BCUT2D eigenvalue weighted by Gasteiger charge is -2.15. The van der Waals surface area contributed by atoms with Gasteiger partial charge in [0.1, 0.15) is 12.0 Å². The fraction of sp³-hybridized carbons (Fsp3) is 0.462. The molecule has 0 spiro atoms. The number of carbonyl (C=O) groups excluding carboxylic acids is 1. The van der Waals surface area contributed by atoms with Crippen LogP contribution in [0, 0.1) is 0 Å². The van der Waals surface area contributed by atoms with Crippen molar-refractivity contribution in [2.24, 2.45) is 0 Å². The molecule has 0 aliphatic rings. The third-order valence-corrected chi connectivity index (χ3v) is 4.71. The van der Waals surface area contributed by atoms with Crippen LogP contribution >= 0.6 is 15.9 Å². The van der Waals surface area contributed by atoms with Crippen LogP contribution in [-0.4, -0.2) is 27.8 Å². The average Bonchev–Trinajstić information content (AvgIpc) is 2.29. The smallest absolute Gasteiger partial charge is 0.189 e. The van der Waals surface area contributed by atoms with Crippen molar-refractivity contribution in [2.75, 3.05) is 13.4 Å². The number of halogens is 1. The average molecular weight is 331 g/mol. The highest BCUT2D eigenvalue weighted by Crippen LogP contribution is 2.25. The first-order chi connectivity index (χ1) is 8.42. The van der Waals surface area contributed by atoms with Gasteiger partial charge in [-0.25, -0.2) is 0 Å². The molecule has 0 N–H and O–H groups in total. The maximum absolute atomic E-state index is 10.6. The summed E-state index contributed by atoms with van der Waals surface area (Å²) in [6, 6.07) is 6.33. The molecule has 0 fully saturated rings. The molecule has 3 nitrogen and oxygen atoms in total. The Labute approximate surface area is 118 Å². The van der Waals surface area contributed by atoms with E-state index in [0.717, 1.165) is 23.4 Å². The van der Waals surface area contributed by atoms with Gasteiger partial charge in [-0.1, -0.05) is 19.6 Å². The molecule has 1 rings (SSSR count). The SMILES string of the molecule is C[Si](C)(C)CCOCOc1ccc(C=O)cc1Br. The quantitative estimate of drug-likeness (QED) is 0.328. The third kappa shape index (κ3) is 5.80. The lowest BCUT2D eigenvalue weighted by atomic mass is 10.2. The van der Waals surface area contributed by atoms with Crippen LogP contribution < -0.4 is 4.74 Å². The minimum absolute atomic E-state index is 0.240. The molecule has 0 aliphatic heterocycles. The number of ether oxygens (including phenoxy) is 2. The summed E-state index contributed by atoms with van der Waals surface area (Å²) < 4.78 is 11.7. The fourth-order valence-electron chi connectivity index (χ4n) is 1.25. The molecule has 1 aromatic carbocycles. The zero-order valence-electron chi connectivity index (χ0n) is 11.0. The topological polar surface area (TPSA) is 35.5 Å². The van der Waals surface area contributed by atoms with Crippen molar-refractivity contribution in [3.05, 3.63) is 28.2 Å². The van der Waals surface area contributed by atoms with Gasteiger partial charge in [0.15, 0.2) is 6.79 Å². The van der Waals surface area contributed by atoms with E-state index in [9.17, 15) is 4.79 Å². The molecule has 1 aromatic rings. The van der Waals surface area contributed by atoms with Crippen molar-refractivity contribution < 1.29 is 14.3 Å². The van der Waals surface area contributed by atoms with Crippen molar-refractivity contribution in [2.45, 2.75) is 25.7 Å². The van der Waals surface area contributed by atoms with Gasteiger partial charge >= 0.3 is 0 Å². The van der Waals surface area contributed by atoms with Crippen LogP contribution in [0.4, 0.5) is 0 Å². The molecule has 0 radical (unpaired) electrons. The zero-order valence-corrected chi connectivity index (χ0v) is 13.6. The summed E-state index contributed by atoms with van der Waals surface area (Å²) in [4.78, 5) is 10.6. The number of aldehydes is 1.